The van der Waals surface area contributed by atoms with Gasteiger partial charge in [0.2, 0.25) is 0 Å². The van der Waals surface area contributed by atoms with Crippen LogP contribution in [0.25, 0.3) is 98.0 Å². The third-order valence-electron chi connectivity index (χ3n) is 10.2. The van der Waals surface area contributed by atoms with Gasteiger partial charge in [0.15, 0.2) is 0 Å². The molecular formula is C48H30. The Morgan fingerprint density at radius 2 is 0.771 bits per heavy atom. The molecule has 0 heteroatoms. The highest BCUT2D eigenvalue weighted by molar-refractivity contribution is 6.33. The molecule has 0 aliphatic rings. The summed E-state index contributed by atoms with van der Waals surface area (Å²) in [7, 11) is 0. The number of hydrogen-bond donors (Lipinski definition) is 0. The van der Waals surface area contributed by atoms with Crippen molar-refractivity contribution >= 4 is 64.6 Å². The van der Waals surface area contributed by atoms with Crippen LogP contribution in [-0.4, -0.2) is 0 Å². The maximum absolute atomic E-state index is 2.43. The fourth-order valence-electron chi connectivity index (χ4n) is 7.91. The molecule has 10 aromatic carbocycles. The Morgan fingerprint density at radius 3 is 1.58 bits per heavy atom. The van der Waals surface area contributed by atoms with Crippen molar-refractivity contribution in [2.75, 3.05) is 0 Å². The van der Waals surface area contributed by atoms with Crippen LogP contribution < -0.4 is 0 Å². The normalized spacial score (nSPS) is 11.8. The van der Waals surface area contributed by atoms with E-state index in [4.69, 9.17) is 0 Å². The molecule has 0 saturated carbocycles. The lowest BCUT2D eigenvalue weighted by molar-refractivity contribution is 1.63. The van der Waals surface area contributed by atoms with Crippen molar-refractivity contribution in [1.29, 1.82) is 0 Å². The molecule has 0 fully saturated rings. The topological polar surface area (TPSA) is 0 Å². The Balaban J connectivity index is 1.20. The third kappa shape index (κ3) is 4.16. The van der Waals surface area contributed by atoms with E-state index in [1.165, 1.54) is 98.0 Å². The smallest absolute Gasteiger partial charge is 0.00199 e. The first kappa shape index (κ1) is 26.9. The highest BCUT2D eigenvalue weighted by Crippen LogP contribution is 2.44. The molecule has 0 heterocycles. The van der Waals surface area contributed by atoms with Crippen LogP contribution in [-0.2, 0) is 0 Å². The zero-order valence-electron chi connectivity index (χ0n) is 26.3. The molecule has 0 aliphatic heterocycles. The van der Waals surface area contributed by atoms with Crippen molar-refractivity contribution in [3.63, 3.8) is 0 Å². The number of benzene rings is 10. The zero-order valence-corrected chi connectivity index (χ0v) is 26.3. The van der Waals surface area contributed by atoms with E-state index in [9.17, 15) is 0 Å². The average Bonchev–Trinajstić information content (AvgIpc) is 3.17. The van der Waals surface area contributed by atoms with E-state index in [-0.39, 0.29) is 0 Å². The van der Waals surface area contributed by atoms with Crippen molar-refractivity contribution < 1.29 is 0 Å². The molecule has 0 radical (unpaired) electrons. The molecule has 0 atom stereocenters. The second-order valence-electron chi connectivity index (χ2n) is 12.9. The van der Waals surface area contributed by atoms with Gasteiger partial charge in [-0.05, 0) is 116 Å². The Labute approximate surface area is 279 Å². The third-order valence-corrected chi connectivity index (χ3v) is 10.2. The van der Waals surface area contributed by atoms with E-state index >= 15 is 0 Å². The van der Waals surface area contributed by atoms with E-state index in [1.807, 2.05) is 0 Å². The molecule has 10 aromatic rings. The van der Waals surface area contributed by atoms with Gasteiger partial charge in [-0.25, -0.2) is 0 Å². The molecule has 0 unspecified atom stereocenters. The Hall–Kier alpha value is -6.24. The van der Waals surface area contributed by atoms with E-state index < -0.39 is 0 Å². The van der Waals surface area contributed by atoms with Crippen molar-refractivity contribution in [2.45, 2.75) is 0 Å². The average molecular weight is 607 g/mol. The monoisotopic (exact) mass is 606 g/mol. The van der Waals surface area contributed by atoms with Gasteiger partial charge < -0.3 is 0 Å². The zero-order chi connectivity index (χ0) is 31.6. The lowest BCUT2D eigenvalue weighted by atomic mass is 9.86. The molecular weight excluding hydrogens is 577 g/mol. The largest absolute Gasteiger partial charge is 0.0616 e. The summed E-state index contributed by atoms with van der Waals surface area (Å²) in [6.45, 7) is 0. The fraction of sp³-hybridized carbons (Fsp3) is 0. The van der Waals surface area contributed by atoms with Gasteiger partial charge in [0.05, 0.1) is 0 Å². The van der Waals surface area contributed by atoms with Gasteiger partial charge in [-0.15, -0.1) is 0 Å². The predicted molar refractivity (Wildman–Crippen MR) is 208 cm³/mol. The van der Waals surface area contributed by atoms with Crippen LogP contribution >= 0.6 is 0 Å². The minimum atomic E-state index is 1.23. The molecule has 0 bridgehead atoms. The van der Waals surface area contributed by atoms with Gasteiger partial charge >= 0.3 is 0 Å². The number of rotatable bonds is 3. The maximum Gasteiger partial charge on any atom is -0.00199 e. The molecule has 0 amide bonds. The van der Waals surface area contributed by atoms with Gasteiger partial charge in [0, 0.05) is 0 Å². The molecule has 10 rings (SSSR count). The fourth-order valence-corrected chi connectivity index (χ4v) is 7.91. The summed E-state index contributed by atoms with van der Waals surface area (Å²) in [6, 6.07) is 67.1. The maximum atomic E-state index is 2.43. The Kier molecular flexibility index (Phi) is 5.98. The first-order chi connectivity index (χ1) is 23.8. The van der Waals surface area contributed by atoms with Gasteiger partial charge in [0.1, 0.15) is 0 Å². The van der Waals surface area contributed by atoms with Crippen molar-refractivity contribution in [1.82, 2.24) is 0 Å². The molecule has 0 nitrogen and oxygen atoms in total. The van der Waals surface area contributed by atoms with Crippen LogP contribution in [0.15, 0.2) is 182 Å². The van der Waals surface area contributed by atoms with Gasteiger partial charge in [0.25, 0.3) is 0 Å². The van der Waals surface area contributed by atoms with Gasteiger partial charge in [-0.3, -0.25) is 0 Å². The van der Waals surface area contributed by atoms with E-state index in [0.29, 0.717) is 0 Å². The lowest BCUT2D eigenvalue weighted by Crippen LogP contribution is -1.90. The summed E-state index contributed by atoms with van der Waals surface area (Å²) >= 11 is 0. The highest BCUT2D eigenvalue weighted by atomic mass is 14.2. The molecule has 0 aliphatic carbocycles. The van der Waals surface area contributed by atoms with Crippen LogP contribution in [0, 0.1) is 0 Å². The summed E-state index contributed by atoms with van der Waals surface area (Å²) in [5, 5.41) is 15.4. The molecule has 48 heavy (non-hydrogen) atoms. The second kappa shape index (κ2) is 10.7. The van der Waals surface area contributed by atoms with E-state index in [1.54, 1.807) is 0 Å². The van der Waals surface area contributed by atoms with E-state index in [2.05, 4.69) is 182 Å². The second-order valence-corrected chi connectivity index (χ2v) is 12.9. The van der Waals surface area contributed by atoms with Crippen LogP contribution in [0.3, 0.4) is 0 Å². The lowest BCUT2D eigenvalue weighted by Gasteiger charge is -2.17. The van der Waals surface area contributed by atoms with E-state index in [0.717, 1.165) is 0 Å². The van der Waals surface area contributed by atoms with Crippen molar-refractivity contribution in [3.05, 3.63) is 182 Å². The summed E-state index contributed by atoms with van der Waals surface area (Å²) in [4.78, 5) is 0. The van der Waals surface area contributed by atoms with Gasteiger partial charge in [-0.1, -0.05) is 164 Å². The van der Waals surface area contributed by atoms with Gasteiger partial charge in [-0.2, -0.15) is 0 Å². The first-order valence-electron chi connectivity index (χ1n) is 16.7. The van der Waals surface area contributed by atoms with Crippen LogP contribution in [0.2, 0.25) is 0 Å². The van der Waals surface area contributed by atoms with Crippen molar-refractivity contribution in [3.8, 4) is 33.4 Å². The molecule has 0 aromatic heterocycles. The van der Waals surface area contributed by atoms with Crippen LogP contribution in [0.1, 0.15) is 0 Å². The number of hydrogen-bond acceptors (Lipinski definition) is 0. The summed E-state index contributed by atoms with van der Waals surface area (Å²) in [6.07, 6.45) is 0. The van der Waals surface area contributed by atoms with Crippen molar-refractivity contribution in [2.24, 2.45) is 0 Å². The molecule has 0 saturated heterocycles. The van der Waals surface area contributed by atoms with Crippen LogP contribution in [0.5, 0.6) is 0 Å². The minimum absolute atomic E-state index is 1.23. The SMILES string of the molecule is c1ccc2cc(-c3ccc(-c4cc5c6ccccc6c6cc(-c7cccc8ccccc78)ccc6c5c5ccccc45)cc3)ccc2c1. The standard InChI is InChI=1S/C48H30/c1-2-12-35-28-36(25-22-31(35)10-1)32-20-23-34(24-21-32)45-30-47-41-16-6-5-15-40(41)46-29-37(39-19-9-13-33-11-3-4-14-38(33)39)26-27-44(46)48(47)43-18-8-7-17-42(43)45/h1-30H. The highest BCUT2D eigenvalue weighted by Gasteiger charge is 2.16. The quantitative estimate of drug-likeness (QED) is 0.176. The summed E-state index contributed by atoms with van der Waals surface area (Å²) in [5.41, 5.74) is 7.48. The number of fused-ring (bicyclic) bond motifs is 10. The Morgan fingerprint density at radius 1 is 0.208 bits per heavy atom. The summed E-state index contributed by atoms with van der Waals surface area (Å²) in [5.74, 6) is 0. The predicted octanol–water partition coefficient (Wildman–Crippen LogP) is 13.6. The minimum Gasteiger partial charge on any atom is -0.0616 e. The first-order valence-corrected chi connectivity index (χ1v) is 16.7. The Bertz CT molecular complexity index is 2870. The van der Waals surface area contributed by atoms with Crippen LogP contribution in [0.4, 0.5) is 0 Å². The molecule has 222 valence electrons. The summed E-state index contributed by atoms with van der Waals surface area (Å²) < 4.78 is 0. The molecule has 0 spiro atoms. The molecule has 0 N–H and O–H groups in total.